The molecule has 0 radical (unpaired) electrons. The lowest BCUT2D eigenvalue weighted by Gasteiger charge is -2.22. The molecule has 1 fully saturated rings. The number of carbonyl (C=O) groups excluding carboxylic acids is 1. The first-order valence-electron chi connectivity index (χ1n) is 6.71. The average Bonchev–Trinajstić information content (AvgIpc) is 3.07. The van der Waals surface area contributed by atoms with E-state index < -0.39 is 0 Å². The van der Waals surface area contributed by atoms with Gasteiger partial charge in [0.15, 0.2) is 0 Å². The van der Waals surface area contributed by atoms with Crippen LogP contribution in [0.4, 0.5) is 0 Å². The fourth-order valence-electron chi connectivity index (χ4n) is 1.62. The van der Waals surface area contributed by atoms with E-state index in [2.05, 4.69) is 24.5 Å². The van der Waals surface area contributed by atoms with Crippen LogP contribution in [0.15, 0.2) is 0 Å². The largest absolute Gasteiger partial charge is 0.380 e. The quantitative estimate of drug-likeness (QED) is 0.638. The molecule has 0 aliphatic heterocycles. The van der Waals surface area contributed by atoms with Crippen molar-refractivity contribution in [3.63, 3.8) is 0 Å². The van der Waals surface area contributed by atoms with Crippen molar-refractivity contribution in [2.24, 2.45) is 11.8 Å². The van der Waals surface area contributed by atoms with E-state index in [1.165, 1.54) is 12.8 Å². The Morgan fingerprint density at radius 3 is 2.65 bits per heavy atom. The van der Waals surface area contributed by atoms with Gasteiger partial charge in [-0.3, -0.25) is 4.79 Å². The molecule has 1 unspecified atom stereocenters. The van der Waals surface area contributed by atoms with Gasteiger partial charge in [0.05, 0.1) is 19.2 Å². The maximum absolute atomic E-state index is 11.7. The number of hydrogen-bond donors (Lipinski definition) is 2. The summed E-state index contributed by atoms with van der Waals surface area (Å²) in [5, 5.41) is 6.21. The first-order valence-corrected chi connectivity index (χ1v) is 6.71. The molecule has 1 amide bonds. The maximum atomic E-state index is 11.7. The molecule has 1 aliphatic carbocycles. The van der Waals surface area contributed by atoms with Crippen molar-refractivity contribution in [1.82, 2.24) is 10.6 Å². The summed E-state index contributed by atoms with van der Waals surface area (Å²) in [7, 11) is 0. The molecule has 4 heteroatoms. The van der Waals surface area contributed by atoms with Crippen LogP contribution in [0, 0.1) is 11.8 Å². The van der Waals surface area contributed by atoms with Gasteiger partial charge in [-0.05, 0) is 38.1 Å². The molecule has 2 N–H and O–H groups in total. The summed E-state index contributed by atoms with van der Waals surface area (Å²) < 4.78 is 5.38. The summed E-state index contributed by atoms with van der Waals surface area (Å²) in [6.45, 7) is 8.86. The lowest BCUT2D eigenvalue weighted by atomic mass is 10.1. The fourth-order valence-corrected chi connectivity index (χ4v) is 1.62. The van der Waals surface area contributed by atoms with Gasteiger partial charge in [-0.1, -0.05) is 13.8 Å². The minimum atomic E-state index is 0.0732. The van der Waals surface area contributed by atoms with Gasteiger partial charge in [0, 0.05) is 6.61 Å². The number of hydrogen-bond acceptors (Lipinski definition) is 3. The zero-order valence-corrected chi connectivity index (χ0v) is 11.3. The molecule has 1 aliphatic rings. The van der Waals surface area contributed by atoms with E-state index >= 15 is 0 Å². The molecule has 17 heavy (non-hydrogen) atoms. The summed E-state index contributed by atoms with van der Waals surface area (Å²) in [6.07, 6.45) is 2.63. The summed E-state index contributed by atoms with van der Waals surface area (Å²) in [5.74, 6) is 1.28. The Hall–Kier alpha value is -0.610. The number of nitrogens with one attached hydrogen (secondary N) is 2. The summed E-state index contributed by atoms with van der Waals surface area (Å²) >= 11 is 0. The fraction of sp³-hybridized carbons (Fsp3) is 0.923. The first kappa shape index (κ1) is 14.5. The molecular weight excluding hydrogens is 216 g/mol. The van der Waals surface area contributed by atoms with Gasteiger partial charge in [0.25, 0.3) is 0 Å². The molecular formula is C13H26N2O2. The van der Waals surface area contributed by atoms with E-state index in [4.69, 9.17) is 4.74 Å². The van der Waals surface area contributed by atoms with Crippen molar-refractivity contribution in [2.45, 2.75) is 39.7 Å². The van der Waals surface area contributed by atoms with Crippen molar-refractivity contribution < 1.29 is 9.53 Å². The second-order valence-electron chi connectivity index (χ2n) is 5.15. The van der Waals surface area contributed by atoms with Gasteiger partial charge in [-0.2, -0.15) is 0 Å². The van der Waals surface area contributed by atoms with Crippen LogP contribution in [0.5, 0.6) is 0 Å². The van der Waals surface area contributed by atoms with Crippen LogP contribution in [0.3, 0.4) is 0 Å². The zero-order valence-electron chi connectivity index (χ0n) is 11.3. The topological polar surface area (TPSA) is 50.4 Å². The molecule has 0 aromatic carbocycles. The van der Waals surface area contributed by atoms with Crippen LogP contribution >= 0.6 is 0 Å². The second-order valence-corrected chi connectivity index (χ2v) is 5.15. The Kier molecular flexibility index (Phi) is 6.52. The van der Waals surface area contributed by atoms with Crippen molar-refractivity contribution >= 4 is 5.91 Å². The number of carbonyl (C=O) groups is 1. The van der Waals surface area contributed by atoms with E-state index in [0.717, 1.165) is 12.5 Å². The Bertz CT molecular complexity index is 227. The number of amides is 1. The lowest BCUT2D eigenvalue weighted by molar-refractivity contribution is -0.121. The van der Waals surface area contributed by atoms with Gasteiger partial charge in [-0.25, -0.2) is 0 Å². The Morgan fingerprint density at radius 1 is 1.41 bits per heavy atom. The van der Waals surface area contributed by atoms with Crippen LogP contribution in [0.25, 0.3) is 0 Å². The number of ether oxygens (including phenoxy) is 1. The monoisotopic (exact) mass is 242 g/mol. The minimum Gasteiger partial charge on any atom is -0.380 e. The van der Waals surface area contributed by atoms with Crippen LogP contribution in [0.2, 0.25) is 0 Å². The van der Waals surface area contributed by atoms with Gasteiger partial charge < -0.3 is 15.4 Å². The summed E-state index contributed by atoms with van der Waals surface area (Å²) in [4.78, 5) is 11.7. The number of rotatable bonds is 9. The Labute approximate surface area is 104 Å². The summed E-state index contributed by atoms with van der Waals surface area (Å²) in [5.41, 5.74) is 0. The van der Waals surface area contributed by atoms with Gasteiger partial charge in [0.2, 0.25) is 5.91 Å². The van der Waals surface area contributed by atoms with E-state index in [0.29, 0.717) is 25.7 Å². The van der Waals surface area contributed by atoms with Crippen LogP contribution in [-0.2, 0) is 9.53 Å². The highest BCUT2D eigenvalue weighted by Crippen LogP contribution is 2.27. The summed E-state index contributed by atoms with van der Waals surface area (Å²) in [6, 6.07) is 0.116. The Morgan fingerprint density at radius 2 is 2.12 bits per heavy atom. The third-order valence-corrected chi connectivity index (χ3v) is 3.07. The molecule has 1 saturated carbocycles. The SMILES string of the molecule is CCOCC(NC(=O)CNCC1CC1)C(C)C. The van der Waals surface area contributed by atoms with Crippen LogP contribution in [0.1, 0.15) is 33.6 Å². The van der Waals surface area contributed by atoms with Crippen LogP contribution < -0.4 is 10.6 Å². The second kappa shape index (κ2) is 7.67. The molecule has 4 nitrogen and oxygen atoms in total. The predicted molar refractivity (Wildman–Crippen MR) is 68.9 cm³/mol. The minimum absolute atomic E-state index is 0.0732. The highest BCUT2D eigenvalue weighted by molar-refractivity contribution is 5.78. The normalized spacial score (nSPS) is 17.2. The van der Waals surface area contributed by atoms with Crippen LogP contribution in [-0.4, -0.2) is 38.3 Å². The highest BCUT2D eigenvalue weighted by Gasteiger charge is 2.21. The third-order valence-electron chi connectivity index (χ3n) is 3.07. The molecule has 0 aromatic heterocycles. The van der Waals surface area contributed by atoms with Crippen molar-refractivity contribution in [3.8, 4) is 0 Å². The highest BCUT2D eigenvalue weighted by atomic mass is 16.5. The van der Waals surface area contributed by atoms with Crippen molar-refractivity contribution in [3.05, 3.63) is 0 Å². The maximum Gasteiger partial charge on any atom is 0.234 e. The van der Waals surface area contributed by atoms with E-state index in [1.807, 2.05) is 6.92 Å². The van der Waals surface area contributed by atoms with Crippen molar-refractivity contribution in [2.75, 3.05) is 26.3 Å². The Balaban J connectivity index is 2.14. The smallest absolute Gasteiger partial charge is 0.234 e. The van der Waals surface area contributed by atoms with Gasteiger partial charge >= 0.3 is 0 Å². The molecule has 1 rings (SSSR count). The molecule has 100 valence electrons. The molecule has 1 atom stereocenters. The molecule has 0 saturated heterocycles. The molecule has 0 spiro atoms. The van der Waals surface area contributed by atoms with Gasteiger partial charge in [-0.15, -0.1) is 0 Å². The standard InChI is InChI=1S/C13H26N2O2/c1-4-17-9-12(10(2)3)15-13(16)8-14-7-11-5-6-11/h10-12,14H,4-9H2,1-3H3,(H,15,16). The van der Waals surface area contributed by atoms with Gasteiger partial charge in [0.1, 0.15) is 0 Å². The molecule has 0 heterocycles. The third kappa shape index (κ3) is 6.64. The van der Waals surface area contributed by atoms with E-state index in [9.17, 15) is 4.79 Å². The zero-order chi connectivity index (χ0) is 12.7. The lowest BCUT2D eigenvalue weighted by Crippen LogP contribution is -2.45. The first-order chi connectivity index (χ1) is 8.13. The average molecular weight is 242 g/mol. The van der Waals surface area contributed by atoms with E-state index in [-0.39, 0.29) is 11.9 Å². The predicted octanol–water partition coefficient (Wildman–Crippen LogP) is 1.16. The van der Waals surface area contributed by atoms with Crippen molar-refractivity contribution in [1.29, 1.82) is 0 Å². The molecule has 0 bridgehead atoms. The molecule has 0 aromatic rings. The van der Waals surface area contributed by atoms with E-state index in [1.54, 1.807) is 0 Å².